The smallest absolute Gasteiger partial charge is 0.405 e. The third-order valence-corrected chi connectivity index (χ3v) is 4.25. The van der Waals surface area contributed by atoms with Crippen molar-refractivity contribution in [3.05, 3.63) is 64.3 Å². The maximum Gasteiger partial charge on any atom is 0.440 e. The second kappa shape index (κ2) is 5.39. The minimum absolute atomic E-state index is 0.215. The lowest BCUT2D eigenvalue weighted by Gasteiger charge is -2.24. The monoisotopic (exact) mass is 309 g/mol. The molecule has 1 N–H and O–H groups in total. The van der Waals surface area contributed by atoms with Gasteiger partial charge in [0.05, 0.1) is 5.92 Å². The molecule has 0 aliphatic heterocycles. The molecule has 0 fully saturated rings. The molecule has 0 bridgehead atoms. The van der Waals surface area contributed by atoms with Gasteiger partial charge in [-0.3, -0.25) is 10.2 Å². The molecule has 1 aliphatic rings. The van der Waals surface area contributed by atoms with Crippen molar-refractivity contribution in [2.75, 3.05) is 5.43 Å². The number of benzene rings is 1. The highest BCUT2D eigenvalue weighted by Gasteiger charge is 2.27. The molecule has 0 saturated carbocycles. The van der Waals surface area contributed by atoms with E-state index in [1.165, 1.54) is 5.56 Å². The van der Waals surface area contributed by atoms with Crippen molar-refractivity contribution < 1.29 is 9.21 Å². The highest BCUT2D eigenvalue weighted by molar-refractivity contribution is 5.91. The molecule has 1 atom stereocenters. The number of pyridine rings is 1. The Morgan fingerprint density at radius 3 is 3.04 bits per heavy atom. The summed E-state index contributed by atoms with van der Waals surface area (Å²) < 4.78 is 6.17. The van der Waals surface area contributed by atoms with E-state index in [2.05, 4.69) is 16.5 Å². The van der Waals surface area contributed by atoms with Gasteiger partial charge in [-0.25, -0.2) is 9.78 Å². The van der Waals surface area contributed by atoms with Crippen LogP contribution in [0.2, 0.25) is 0 Å². The minimum Gasteiger partial charge on any atom is -0.405 e. The Hall–Kier alpha value is -2.89. The molecule has 1 amide bonds. The number of carbonyl (C=O) groups is 1. The first-order valence-corrected chi connectivity index (χ1v) is 7.59. The molecule has 23 heavy (non-hydrogen) atoms. The predicted octanol–water partition coefficient (Wildman–Crippen LogP) is 2.18. The van der Waals surface area contributed by atoms with Gasteiger partial charge in [-0.2, -0.15) is 4.68 Å². The van der Waals surface area contributed by atoms with E-state index in [1.54, 1.807) is 18.3 Å². The summed E-state index contributed by atoms with van der Waals surface area (Å²) in [4.78, 5) is 28.7. The first kappa shape index (κ1) is 13.8. The Morgan fingerprint density at radius 1 is 1.26 bits per heavy atom. The topological polar surface area (TPSA) is 77.1 Å². The van der Waals surface area contributed by atoms with E-state index in [0.717, 1.165) is 29.5 Å². The molecule has 0 radical (unpaired) electrons. The van der Waals surface area contributed by atoms with Crippen LogP contribution in [0.4, 0.5) is 0 Å². The van der Waals surface area contributed by atoms with Crippen molar-refractivity contribution in [3.8, 4) is 0 Å². The normalized spacial score (nSPS) is 17.0. The first-order chi connectivity index (χ1) is 11.2. The van der Waals surface area contributed by atoms with Gasteiger partial charge in [0, 0.05) is 6.20 Å². The van der Waals surface area contributed by atoms with E-state index < -0.39 is 5.76 Å². The molecule has 116 valence electrons. The number of hydrogen-bond donors (Lipinski definition) is 1. The maximum atomic E-state index is 12.7. The highest BCUT2D eigenvalue weighted by atomic mass is 16.4. The van der Waals surface area contributed by atoms with Crippen LogP contribution in [-0.2, 0) is 11.2 Å². The molecule has 0 spiro atoms. The summed E-state index contributed by atoms with van der Waals surface area (Å²) in [6.45, 7) is 0. The number of aromatic nitrogens is 2. The number of fused-ring (bicyclic) bond motifs is 2. The molecule has 2 aromatic heterocycles. The van der Waals surface area contributed by atoms with Crippen LogP contribution in [0.3, 0.4) is 0 Å². The molecule has 6 nitrogen and oxygen atoms in total. The molecule has 6 heteroatoms. The van der Waals surface area contributed by atoms with Crippen molar-refractivity contribution in [2.45, 2.75) is 25.2 Å². The number of nitrogens with zero attached hydrogens (tertiary/aromatic N) is 2. The van der Waals surface area contributed by atoms with Gasteiger partial charge in [0.1, 0.15) is 0 Å². The Kier molecular flexibility index (Phi) is 3.22. The van der Waals surface area contributed by atoms with Gasteiger partial charge in [-0.05, 0) is 42.5 Å². The van der Waals surface area contributed by atoms with Crippen LogP contribution in [0.25, 0.3) is 11.2 Å². The number of nitrogens with one attached hydrogen (secondary N) is 1. The van der Waals surface area contributed by atoms with E-state index in [0.29, 0.717) is 11.2 Å². The highest BCUT2D eigenvalue weighted by Crippen LogP contribution is 2.31. The van der Waals surface area contributed by atoms with E-state index in [4.69, 9.17) is 4.42 Å². The van der Waals surface area contributed by atoms with Crippen LogP contribution in [0.5, 0.6) is 0 Å². The predicted molar refractivity (Wildman–Crippen MR) is 84.8 cm³/mol. The van der Waals surface area contributed by atoms with E-state index >= 15 is 0 Å². The number of carbonyl (C=O) groups excluding carboxylic acids is 1. The fourth-order valence-corrected chi connectivity index (χ4v) is 3.17. The van der Waals surface area contributed by atoms with Crippen LogP contribution in [0, 0.1) is 0 Å². The number of rotatable bonds is 2. The van der Waals surface area contributed by atoms with Crippen LogP contribution in [-0.4, -0.2) is 15.6 Å². The van der Waals surface area contributed by atoms with Crippen molar-refractivity contribution in [1.29, 1.82) is 0 Å². The minimum atomic E-state index is -0.642. The van der Waals surface area contributed by atoms with Crippen LogP contribution in [0.1, 0.15) is 29.9 Å². The Bertz CT molecular complexity index is 941. The molecular weight excluding hydrogens is 294 g/mol. The van der Waals surface area contributed by atoms with Crippen LogP contribution in [0.15, 0.2) is 51.8 Å². The van der Waals surface area contributed by atoms with Gasteiger partial charge in [0.15, 0.2) is 5.58 Å². The van der Waals surface area contributed by atoms with Crippen LogP contribution >= 0.6 is 0 Å². The fourth-order valence-electron chi connectivity index (χ4n) is 3.17. The lowest BCUT2D eigenvalue weighted by Crippen LogP contribution is -2.35. The largest absolute Gasteiger partial charge is 0.440 e. The average molecular weight is 309 g/mol. The van der Waals surface area contributed by atoms with Gasteiger partial charge >= 0.3 is 5.76 Å². The summed E-state index contributed by atoms with van der Waals surface area (Å²) in [5.74, 6) is -1.12. The number of amides is 1. The zero-order valence-electron chi connectivity index (χ0n) is 12.4. The third-order valence-electron chi connectivity index (χ3n) is 4.25. The first-order valence-electron chi connectivity index (χ1n) is 7.59. The second-order valence-electron chi connectivity index (χ2n) is 5.65. The van der Waals surface area contributed by atoms with E-state index in [9.17, 15) is 9.59 Å². The van der Waals surface area contributed by atoms with Crippen molar-refractivity contribution in [1.82, 2.24) is 9.66 Å². The fraction of sp³-hybridized carbons (Fsp3) is 0.235. The van der Waals surface area contributed by atoms with Crippen LogP contribution < -0.4 is 11.2 Å². The molecule has 2 heterocycles. The lowest BCUT2D eigenvalue weighted by atomic mass is 9.82. The summed E-state index contributed by atoms with van der Waals surface area (Å²) >= 11 is 0. The molecule has 1 aliphatic carbocycles. The molecule has 1 unspecified atom stereocenters. The molecule has 0 saturated heterocycles. The average Bonchev–Trinajstić information content (AvgIpc) is 2.90. The summed E-state index contributed by atoms with van der Waals surface area (Å²) in [6.07, 6.45) is 4.25. The quantitative estimate of drug-likeness (QED) is 0.787. The second-order valence-corrected chi connectivity index (χ2v) is 5.65. The van der Waals surface area contributed by atoms with Gasteiger partial charge < -0.3 is 4.42 Å². The maximum absolute atomic E-state index is 12.7. The van der Waals surface area contributed by atoms with Gasteiger partial charge in [0.25, 0.3) is 0 Å². The molecule has 1 aromatic carbocycles. The van der Waals surface area contributed by atoms with Crippen molar-refractivity contribution in [2.24, 2.45) is 0 Å². The van der Waals surface area contributed by atoms with E-state index in [1.807, 2.05) is 18.2 Å². The third kappa shape index (κ3) is 2.32. The number of hydrogen-bond acceptors (Lipinski definition) is 4. The Balaban J connectivity index is 1.68. The van der Waals surface area contributed by atoms with Crippen molar-refractivity contribution in [3.63, 3.8) is 0 Å². The van der Waals surface area contributed by atoms with Gasteiger partial charge in [0.2, 0.25) is 11.6 Å². The van der Waals surface area contributed by atoms with E-state index in [-0.39, 0.29) is 11.8 Å². The Morgan fingerprint density at radius 2 is 2.13 bits per heavy atom. The molecule has 4 rings (SSSR count). The lowest BCUT2D eigenvalue weighted by molar-refractivity contribution is -0.118. The zero-order chi connectivity index (χ0) is 15.8. The number of aryl methyl sites for hydroxylation is 1. The van der Waals surface area contributed by atoms with Crippen molar-refractivity contribution >= 4 is 17.1 Å². The zero-order valence-corrected chi connectivity index (χ0v) is 12.4. The summed E-state index contributed by atoms with van der Waals surface area (Å²) in [5, 5.41) is 0. The number of oxazole rings is 1. The standard InChI is InChI=1S/C17H15N3O3/c21-16(13-8-3-6-11-5-1-2-7-12(11)13)19-20-15-14(23-17(20)22)9-4-10-18-15/h1-2,4-5,7,9-10,13H,3,6,8H2,(H,19,21). The summed E-state index contributed by atoms with van der Waals surface area (Å²) in [7, 11) is 0. The molecular formula is C17H15N3O3. The summed E-state index contributed by atoms with van der Waals surface area (Å²) in [6, 6.07) is 11.3. The van der Waals surface area contributed by atoms with Gasteiger partial charge in [-0.1, -0.05) is 24.3 Å². The van der Waals surface area contributed by atoms with Gasteiger partial charge in [-0.15, -0.1) is 0 Å². The SMILES string of the molecule is O=C(Nn1c(=O)oc2cccnc21)C1CCCc2ccccc21. The summed E-state index contributed by atoms with van der Waals surface area (Å²) in [5.41, 5.74) is 5.54. The molecule has 3 aromatic rings. The Labute approximate surface area is 131 Å².